The Labute approximate surface area is 128 Å². The molecule has 0 atom stereocenters. The molecule has 0 spiro atoms. The minimum absolute atomic E-state index is 0.0646. The molecule has 1 saturated carbocycles. The number of hydrogen-bond acceptors (Lipinski definition) is 3. The lowest BCUT2D eigenvalue weighted by Gasteiger charge is -2.33. The van der Waals surface area contributed by atoms with Crippen molar-refractivity contribution in [2.75, 3.05) is 0 Å². The van der Waals surface area contributed by atoms with Gasteiger partial charge in [0.2, 0.25) is 0 Å². The maximum absolute atomic E-state index is 11.8. The summed E-state index contributed by atoms with van der Waals surface area (Å²) in [5.41, 5.74) is 0.402. The average Bonchev–Trinajstić information content (AvgIpc) is 2.40. The number of ether oxygens (including phenoxy) is 1. The number of aliphatic carboxylic acids is 1. The molecule has 0 bridgehead atoms. The summed E-state index contributed by atoms with van der Waals surface area (Å²) in [6.07, 6.45) is 9.62. The highest BCUT2D eigenvalue weighted by atomic mass is 16.5. The zero-order valence-electron chi connectivity index (χ0n) is 13.5. The van der Waals surface area contributed by atoms with Gasteiger partial charge in [-0.05, 0) is 43.9 Å². The average molecular weight is 298 g/mol. The number of esters is 1. The van der Waals surface area contributed by atoms with Gasteiger partial charge >= 0.3 is 11.9 Å². The van der Waals surface area contributed by atoms with E-state index in [0.29, 0.717) is 11.8 Å². The number of carboxylic acid groups (broad SMARTS) is 1. The standard InChI is InChI=1S/C17H30O4/c1-17(2)12-10-14(11-13-17)21-16(20)9-7-5-3-4-6-8-15(18)19/h14H,3-13H2,1-2H3,(H,18,19). The van der Waals surface area contributed by atoms with E-state index in [-0.39, 0.29) is 18.5 Å². The summed E-state index contributed by atoms with van der Waals surface area (Å²) in [6.45, 7) is 4.55. The van der Waals surface area contributed by atoms with Crippen molar-refractivity contribution in [2.45, 2.75) is 90.6 Å². The van der Waals surface area contributed by atoms with E-state index in [1.807, 2.05) is 0 Å². The first-order valence-corrected chi connectivity index (χ1v) is 8.30. The summed E-state index contributed by atoms with van der Waals surface area (Å²) < 4.78 is 5.53. The molecular weight excluding hydrogens is 268 g/mol. The molecule has 0 heterocycles. The lowest BCUT2D eigenvalue weighted by atomic mass is 9.76. The van der Waals surface area contributed by atoms with Crippen molar-refractivity contribution in [1.82, 2.24) is 0 Å². The van der Waals surface area contributed by atoms with Gasteiger partial charge in [0, 0.05) is 12.8 Å². The number of unbranched alkanes of at least 4 members (excludes halogenated alkanes) is 4. The summed E-state index contributed by atoms with van der Waals surface area (Å²) in [7, 11) is 0. The zero-order chi connectivity index (χ0) is 15.7. The van der Waals surface area contributed by atoms with Gasteiger partial charge in [-0.25, -0.2) is 0 Å². The van der Waals surface area contributed by atoms with Gasteiger partial charge in [0.15, 0.2) is 0 Å². The molecule has 0 aromatic carbocycles. The highest BCUT2D eigenvalue weighted by Gasteiger charge is 2.28. The zero-order valence-corrected chi connectivity index (χ0v) is 13.5. The molecule has 1 aliphatic rings. The summed E-state index contributed by atoms with van der Waals surface area (Å²) in [4.78, 5) is 22.1. The maximum atomic E-state index is 11.8. The fourth-order valence-electron chi connectivity index (χ4n) is 2.81. The predicted octanol–water partition coefficient (Wildman–Crippen LogP) is 4.31. The Hall–Kier alpha value is -1.06. The van der Waals surface area contributed by atoms with Gasteiger partial charge in [0.05, 0.1) is 0 Å². The van der Waals surface area contributed by atoms with Crippen LogP contribution in [0.1, 0.15) is 84.5 Å². The van der Waals surface area contributed by atoms with Gasteiger partial charge in [0.25, 0.3) is 0 Å². The molecule has 0 amide bonds. The lowest BCUT2D eigenvalue weighted by Crippen LogP contribution is -2.28. The second kappa shape index (κ2) is 9.06. The minimum Gasteiger partial charge on any atom is -0.481 e. The maximum Gasteiger partial charge on any atom is 0.306 e. The minimum atomic E-state index is -0.728. The van der Waals surface area contributed by atoms with Crippen LogP contribution in [0, 0.1) is 5.41 Å². The van der Waals surface area contributed by atoms with E-state index in [9.17, 15) is 9.59 Å². The van der Waals surface area contributed by atoms with Crippen LogP contribution in [0.4, 0.5) is 0 Å². The smallest absolute Gasteiger partial charge is 0.306 e. The highest BCUT2D eigenvalue weighted by Crippen LogP contribution is 2.36. The molecule has 122 valence electrons. The van der Waals surface area contributed by atoms with Crippen molar-refractivity contribution < 1.29 is 19.4 Å². The van der Waals surface area contributed by atoms with E-state index >= 15 is 0 Å². The Bertz CT molecular complexity index is 326. The number of carboxylic acids is 1. The van der Waals surface area contributed by atoms with Crippen LogP contribution < -0.4 is 0 Å². The third kappa shape index (κ3) is 8.74. The Morgan fingerprint density at radius 3 is 2.10 bits per heavy atom. The molecule has 4 heteroatoms. The molecule has 0 radical (unpaired) electrons. The third-order valence-electron chi connectivity index (χ3n) is 4.36. The number of carbonyl (C=O) groups excluding carboxylic acids is 1. The summed E-state index contributed by atoms with van der Waals surface area (Å²) in [5.74, 6) is -0.792. The van der Waals surface area contributed by atoms with Crippen molar-refractivity contribution >= 4 is 11.9 Å². The summed E-state index contributed by atoms with van der Waals surface area (Å²) in [6, 6.07) is 0. The van der Waals surface area contributed by atoms with Crippen molar-refractivity contribution in [3.05, 3.63) is 0 Å². The van der Waals surface area contributed by atoms with Crippen LogP contribution in [0.25, 0.3) is 0 Å². The molecule has 0 unspecified atom stereocenters. The quantitative estimate of drug-likeness (QED) is 0.509. The molecule has 0 saturated heterocycles. The number of carbonyl (C=O) groups is 2. The molecule has 1 N–H and O–H groups in total. The molecule has 21 heavy (non-hydrogen) atoms. The second-order valence-corrected chi connectivity index (χ2v) is 7.01. The molecule has 4 nitrogen and oxygen atoms in total. The molecule has 1 aliphatic carbocycles. The van der Waals surface area contributed by atoms with E-state index in [1.54, 1.807) is 0 Å². The Morgan fingerprint density at radius 2 is 1.52 bits per heavy atom. The Kier molecular flexibility index (Phi) is 7.76. The van der Waals surface area contributed by atoms with Crippen LogP contribution in [0.5, 0.6) is 0 Å². The van der Waals surface area contributed by atoms with Crippen LogP contribution in [0.2, 0.25) is 0 Å². The Morgan fingerprint density at radius 1 is 1.00 bits per heavy atom. The number of rotatable bonds is 9. The number of hydrogen-bond donors (Lipinski definition) is 1. The van der Waals surface area contributed by atoms with Crippen molar-refractivity contribution in [2.24, 2.45) is 5.41 Å². The fraction of sp³-hybridized carbons (Fsp3) is 0.882. The van der Waals surface area contributed by atoms with Crippen molar-refractivity contribution in [3.8, 4) is 0 Å². The van der Waals surface area contributed by atoms with Gasteiger partial charge in [-0.1, -0.05) is 33.1 Å². The van der Waals surface area contributed by atoms with E-state index < -0.39 is 5.97 Å². The SMILES string of the molecule is CC1(C)CCC(OC(=O)CCCCCCCC(=O)O)CC1. The lowest BCUT2D eigenvalue weighted by molar-refractivity contribution is -0.151. The highest BCUT2D eigenvalue weighted by molar-refractivity contribution is 5.69. The van der Waals surface area contributed by atoms with Crippen molar-refractivity contribution in [1.29, 1.82) is 0 Å². The van der Waals surface area contributed by atoms with E-state index in [0.717, 1.165) is 57.8 Å². The van der Waals surface area contributed by atoms with E-state index in [2.05, 4.69) is 13.8 Å². The van der Waals surface area contributed by atoms with Gasteiger partial charge in [0.1, 0.15) is 6.10 Å². The first-order valence-electron chi connectivity index (χ1n) is 8.30. The topological polar surface area (TPSA) is 63.6 Å². The normalized spacial score (nSPS) is 18.4. The molecular formula is C17H30O4. The first kappa shape index (κ1) is 18.0. The van der Waals surface area contributed by atoms with Gasteiger partial charge in [-0.3, -0.25) is 9.59 Å². The van der Waals surface area contributed by atoms with Crippen LogP contribution in [-0.2, 0) is 14.3 Å². The fourth-order valence-corrected chi connectivity index (χ4v) is 2.81. The van der Waals surface area contributed by atoms with E-state index in [4.69, 9.17) is 9.84 Å². The third-order valence-corrected chi connectivity index (χ3v) is 4.36. The van der Waals surface area contributed by atoms with Crippen LogP contribution >= 0.6 is 0 Å². The second-order valence-electron chi connectivity index (χ2n) is 7.01. The predicted molar refractivity (Wildman–Crippen MR) is 82.1 cm³/mol. The Balaban J connectivity index is 1.98. The molecule has 0 aromatic heterocycles. The van der Waals surface area contributed by atoms with Gasteiger partial charge in [-0.2, -0.15) is 0 Å². The molecule has 1 fully saturated rings. The monoisotopic (exact) mass is 298 g/mol. The largest absolute Gasteiger partial charge is 0.481 e. The van der Waals surface area contributed by atoms with Crippen LogP contribution in [-0.4, -0.2) is 23.1 Å². The van der Waals surface area contributed by atoms with Crippen LogP contribution in [0.3, 0.4) is 0 Å². The van der Waals surface area contributed by atoms with Crippen molar-refractivity contribution in [3.63, 3.8) is 0 Å². The van der Waals surface area contributed by atoms with Gasteiger partial charge in [-0.15, -0.1) is 0 Å². The first-order chi connectivity index (χ1) is 9.89. The van der Waals surface area contributed by atoms with Gasteiger partial charge < -0.3 is 9.84 Å². The molecule has 0 aromatic rings. The summed E-state index contributed by atoms with van der Waals surface area (Å²) >= 11 is 0. The summed E-state index contributed by atoms with van der Waals surface area (Å²) in [5, 5.41) is 8.52. The van der Waals surface area contributed by atoms with E-state index in [1.165, 1.54) is 0 Å². The van der Waals surface area contributed by atoms with Crippen LogP contribution in [0.15, 0.2) is 0 Å². The molecule has 1 rings (SSSR count). The molecule has 0 aliphatic heterocycles.